The molecular weight excluding hydrogens is 385 g/mol. The molecule has 0 aliphatic rings. The van der Waals surface area contributed by atoms with Gasteiger partial charge in [0.05, 0.1) is 17.2 Å². The fourth-order valence-corrected chi connectivity index (χ4v) is 2.70. The number of alkyl halides is 2. The van der Waals surface area contributed by atoms with Crippen LogP contribution in [0.2, 0.25) is 0 Å². The summed E-state index contributed by atoms with van der Waals surface area (Å²) in [5.41, 5.74) is 0.395. The number of hydrogen-bond acceptors (Lipinski definition) is 4. The van der Waals surface area contributed by atoms with E-state index in [0.29, 0.717) is 5.56 Å². The van der Waals surface area contributed by atoms with Gasteiger partial charge < -0.3 is 15.4 Å². The number of aryl methyl sites for hydroxylation is 1. The van der Waals surface area contributed by atoms with E-state index in [9.17, 15) is 26.4 Å². The maximum absolute atomic E-state index is 13.8. The summed E-state index contributed by atoms with van der Waals surface area (Å²) in [5.74, 6) is -4.32. The predicted molar refractivity (Wildman–Crippen MR) is 96.5 cm³/mol. The van der Waals surface area contributed by atoms with Crippen molar-refractivity contribution in [1.29, 1.82) is 0 Å². The molecule has 0 aliphatic carbocycles. The first kappa shape index (κ1) is 22.5. The molecule has 0 aromatic heterocycles. The van der Waals surface area contributed by atoms with E-state index >= 15 is 0 Å². The van der Waals surface area contributed by atoms with Crippen LogP contribution in [0, 0.1) is 12.7 Å². The van der Waals surface area contributed by atoms with E-state index < -0.39 is 32.3 Å². The monoisotopic (exact) mass is 404 g/mol. The first-order valence-corrected chi connectivity index (χ1v) is 9.05. The van der Waals surface area contributed by atoms with Gasteiger partial charge in [0.15, 0.2) is 0 Å². The Labute approximate surface area is 155 Å². The molecule has 0 saturated heterocycles. The van der Waals surface area contributed by atoms with Crippen LogP contribution in [-0.4, -0.2) is 33.9 Å². The van der Waals surface area contributed by atoms with Gasteiger partial charge in [-0.1, -0.05) is 18.7 Å². The molecule has 0 spiro atoms. The summed E-state index contributed by atoms with van der Waals surface area (Å²) in [4.78, 5) is 11.3. The van der Waals surface area contributed by atoms with Gasteiger partial charge in [0, 0.05) is 12.8 Å². The minimum Gasteiger partial charge on any atom is -0.378 e. The molecule has 1 aromatic carbocycles. The third-order valence-electron chi connectivity index (χ3n) is 3.11. The molecule has 0 radical (unpaired) electrons. The van der Waals surface area contributed by atoms with E-state index in [4.69, 9.17) is 4.74 Å². The largest absolute Gasteiger partial charge is 0.378 e. The van der Waals surface area contributed by atoms with Crippen molar-refractivity contribution in [3.63, 3.8) is 0 Å². The Morgan fingerprint density at radius 3 is 2.56 bits per heavy atom. The van der Waals surface area contributed by atoms with E-state index in [1.165, 1.54) is 19.2 Å². The number of carbonyl (C=O) groups is 1. The lowest BCUT2D eigenvalue weighted by Gasteiger charge is -2.12. The maximum Gasteiger partial charge on any atom is 0.341 e. The summed E-state index contributed by atoms with van der Waals surface area (Å²) < 4.78 is 67.6. The Bertz CT molecular complexity index is 865. The SMILES string of the molecule is C=C/C=C(\C=C(/COC)NC(=O)Nc1ccc(C)cc1F)S(=O)(=O)C(F)F. The fourth-order valence-electron chi connectivity index (χ4n) is 1.91. The van der Waals surface area contributed by atoms with Crippen molar-refractivity contribution in [3.8, 4) is 0 Å². The zero-order chi connectivity index (χ0) is 20.6. The van der Waals surface area contributed by atoms with Crippen molar-refractivity contribution in [2.75, 3.05) is 19.0 Å². The molecule has 27 heavy (non-hydrogen) atoms. The molecule has 2 N–H and O–H groups in total. The highest BCUT2D eigenvalue weighted by atomic mass is 32.2. The van der Waals surface area contributed by atoms with E-state index in [1.807, 2.05) is 0 Å². The third kappa shape index (κ3) is 6.57. The molecule has 0 aliphatic heterocycles. The summed E-state index contributed by atoms with van der Waals surface area (Å²) in [7, 11) is -3.67. The lowest BCUT2D eigenvalue weighted by Crippen LogP contribution is -2.30. The summed E-state index contributed by atoms with van der Waals surface area (Å²) >= 11 is 0. The van der Waals surface area contributed by atoms with Crippen LogP contribution in [0.4, 0.5) is 23.7 Å². The van der Waals surface area contributed by atoms with E-state index in [-0.39, 0.29) is 18.0 Å². The molecule has 0 fully saturated rings. The second kappa shape index (κ2) is 9.93. The first-order chi connectivity index (χ1) is 12.6. The smallest absolute Gasteiger partial charge is 0.341 e. The van der Waals surface area contributed by atoms with Crippen LogP contribution in [-0.2, 0) is 14.6 Å². The molecule has 0 unspecified atom stereocenters. The number of hydrogen-bond donors (Lipinski definition) is 2. The molecule has 2 amide bonds. The molecule has 148 valence electrons. The van der Waals surface area contributed by atoms with Gasteiger partial charge in [0.1, 0.15) is 5.82 Å². The standard InChI is InChI=1S/C17H19F3N2O4S/c1-4-5-13(27(24,25)16(19)20)9-12(10-26-3)21-17(23)22-15-7-6-11(2)8-14(15)18/h4-9,16H,1,10H2,2-3H3,(H2,21,22,23)/b12-9+,13-5+. The number of benzene rings is 1. The van der Waals surface area contributed by atoms with Gasteiger partial charge in [-0.15, -0.1) is 0 Å². The highest BCUT2D eigenvalue weighted by Crippen LogP contribution is 2.19. The molecule has 6 nitrogen and oxygen atoms in total. The van der Waals surface area contributed by atoms with Crippen LogP contribution in [0.15, 0.2) is 53.6 Å². The van der Waals surface area contributed by atoms with Gasteiger partial charge in [-0.25, -0.2) is 17.6 Å². The highest BCUT2D eigenvalue weighted by Gasteiger charge is 2.28. The van der Waals surface area contributed by atoms with Gasteiger partial charge in [0.2, 0.25) is 9.84 Å². The second-order valence-corrected chi connectivity index (χ2v) is 7.19. The first-order valence-electron chi connectivity index (χ1n) is 7.50. The van der Waals surface area contributed by atoms with Crippen LogP contribution in [0.3, 0.4) is 0 Å². The molecule has 1 rings (SSSR count). The molecule has 0 heterocycles. The Hall–Kier alpha value is -2.59. The van der Waals surface area contributed by atoms with Gasteiger partial charge in [-0.3, -0.25) is 0 Å². The van der Waals surface area contributed by atoms with E-state index in [0.717, 1.165) is 18.2 Å². The summed E-state index contributed by atoms with van der Waals surface area (Å²) in [6.07, 6.45) is 2.69. The number of amides is 2. The molecular formula is C17H19F3N2O4S. The lowest BCUT2D eigenvalue weighted by atomic mass is 10.2. The summed E-state index contributed by atoms with van der Waals surface area (Å²) in [6.45, 7) is 4.65. The van der Waals surface area contributed by atoms with Crippen molar-refractivity contribution in [2.24, 2.45) is 0 Å². The Morgan fingerprint density at radius 1 is 1.37 bits per heavy atom. The number of carbonyl (C=O) groups excluding carboxylic acids is 1. The Morgan fingerprint density at radius 2 is 2.04 bits per heavy atom. The number of sulfone groups is 1. The van der Waals surface area contributed by atoms with Crippen LogP contribution in [0.5, 0.6) is 0 Å². The Balaban J connectivity index is 3.09. The summed E-state index contributed by atoms with van der Waals surface area (Å²) in [6, 6.07) is 3.22. The van der Waals surface area contributed by atoms with Crippen molar-refractivity contribution in [3.05, 3.63) is 65.0 Å². The van der Waals surface area contributed by atoms with E-state index in [2.05, 4.69) is 17.2 Å². The molecule has 0 saturated carbocycles. The third-order valence-corrected chi connectivity index (χ3v) is 4.49. The molecule has 1 aromatic rings. The van der Waals surface area contributed by atoms with Crippen LogP contribution in [0.1, 0.15) is 5.56 Å². The van der Waals surface area contributed by atoms with Gasteiger partial charge in [-0.05, 0) is 36.8 Å². The normalized spacial score (nSPS) is 12.8. The van der Waals surface area contributed by atoms with Crippen molar-refractivity contribution in [2.45, 2.75) is 12.7 Å². The van der Waals surface area contributed by atoms with Crippen LogP contribution in [0.25, 0.3) is 0 Å². The quantitative estimate of drug-likeness (QED) is 0.650. The van der Waals surface area contributed by atoms with Crippen LogP contribution >= 0.6 is 0 Å². The lowest BCUT2D eigenvalue weighted by molar-refractivity contribution is 0.217. The second-order valence-electron chi connectivity index (χ2n) is 5.28. The number of rotatable bonds is 8. The zero-order valence-corrected chi connectivity index (χ0v) is 15.4. The Kier molecular flexibility index (Phi) is 8.26. The number of nitrogens with one attached hydrogen (secondary N) is 2. The maximum atomic E-state index is 13.8. The molecule has 10 heteroatoms. The fraction of sp³-hybridized carbons (Fsp3) is 0.235. The van der Waals surface area contributed by atoms with Gasteiger partial charge in [0.25, 0.3) is 0 Å². The van der Waals surface area contributed by atoms with Crippen molar-refractivity contribution >= 4 is 21.6 Å². The average Bonchev–Trinajstić information content (AvgIpc) is 2.57. The van der Waals surface area contributed by atoms with Crippen molar-refractivity contribution in [1.82, 2.24) is 5.32 Å². The van der Waals surface area contributed by atoms with E-state index in [1.54, 1.807) is 13.0 Å². The minimum atomic E-state index is -4.93. The predicted octanol–water partition coefficient (Wildman–Crippen LogP) is 3.49. The summed E-state index contributed by atoms with van der Waals surface area (Å²) in [5, 5.41) is 4.48. The number of methoxy groups -OCH3 is 1. The average molecular weight is 404 g/mol. The molecule has 0 atom stereocenters. The van der Waals surface area contributed by atoms with Crippen molar-refractivity contribution < 1.29 is 31.1 Å². The highest BCUT2D eigenvalue weighted by molar-refractivity contribution is 7.95. The number of urea groups is 1. The topological polar surface area (TPSA) is 84.5 Å². The van der Waals surface area contributed by atoms with Crippen LogP contribution < -0.4 is 10.6 Å². The van der Waals surface area contributed by atoms with Gasteiger partial charge in [-0.2, -0.15) is 8.78 Å². The van der Waals surface area contributed by atoms with Gasteiger partial charge >= 0.3 is 11.8 Å². The number of allylic oxidation sites excluding steroid dienone is 3. The number of ether oxygens (including phenoxy) is 1. The number of anilines is 1. The minimum absolute atomic E-state index is 0.114. The molecule has 0 bridgehead atoms. The number of halogens is 3. The zero-order valence-electron chi connectivity index (χ0n) is 14.6.